The van der Waals surface area contributed by atoms with Crippen LogP contribution in [0.25, 0.3) is 0 Å². The van der Waals surface area contributed by atoms with Crippen LogP contribution >= 0.6 is 34.5 Å². The highest BCUT2D eigenvalue weighted by atomic mass is 35.5. The molecule has 0 saturated carbocycles. The monoisotopic (exact) mass is 292 g/mol. The van der Waals surface area contributed by atoms with Crippen molar-refractivity contribution in [1.29, 1.82) is 0 Å². The summed E-state index contributed by atoms with van der Waals surface area (Å²) in [7, 11) is 0. The van der Waals surface area contributed by atoms with E-state index in [0.29, 0.717) is 10.6 Å². The Labute approximate surface area is 112 Å². The number of benzene rings is 1. The van der Waals surface area contributed by atoms with Gasteiger partial charge in [0.05, 0.1) is 10.4 Å². The number of hydrogen-bond acceptors (Lipinski definition) is 1. The summed E-state index contributed by atoms with van der Waals surface area (Å²) in [5, 5.41) is 1.91. The van der Waals surface area contributed by atoms with E-state index in [1.54, 1.807) is 0 Å². The van der Waals surface area contributed by atoms with Crippen molar-refractivity contribution in [3.8, 4) is 0 Å². The van der Waals surface area contributed by atoms with E-state index >= 15 is 0 Å². The zero-order chi connectivity index (χ0) is 12.6. The van der Waals surface area contributed by atoms with Crippen LogP contribution in [0.5, 0.6) is 0 Å². The summed E-state index contributed by atoms with van der Waals surface area (Å²) < 4.78 is 25.9. The van der Waals surface area contributed by atoms with E-state index in [4.69, 9.17) is 23.2 Å². The SMILES string of the molecule is Cc1csc(C(Cl)c2ccc(F)c(F)c2)c1Cl. The van der Waals surface area contributed by atoms with Gasteiger partial charge in [-0.1, -0.05) is 17.7 Å². The van der Waals surface area contributed by atoms with Gasteiger partial charge >= 0.3 is 0 Å². The van der Waals surface area contributed by atoms with Crippen molar-refractivity contribution in [3.63, 3.8) is 0 Å². The molecule has 0 nitrogen and oxygen atoms in total. The average molecular weight is 293 g/mol. The Hall–Kier alpha value is -0.640. The lowest BCUT2D eigenvalue weighted by molar-refractivity contribution is 0.507. The van der Waals surface area contributed by atoms with E-state index in [-0.39, 0.29) is 0 Å². The molecule has 1 heterocycles. The predicted molar refractivity (Wildman–Crippen MR) is 68.1 cm³/mol. The molecule has 0 amide bonds. The van der Waals surface area contributed by atoms with Crippen molar-refractivity contribution in [3.05, 3.63) is 56.2 Å². The third kappa shape index (κ3) is 2.46. The Kier molecular flexibility index (Phi) is 3.71. The van der Waals surface area contributed by atoms with Crippen LogP contribution in [0.4, 0.5) is 8.78 Å². The Morgan fingerprint density at radius 2 is 1.94 bits per heavy atom. The Balaban J connectivity index is 2.40. The maximum Gasteiger partial charge on any atom is 0.159 e. The van der Waals surface area contributed by atoms with Gasteiger partial charge < -0.3 is 0 Å². The Bertz CT molecular complexity index is 551. The predicted octanol–water partition coefficient (Wildman–Crippen LogP) is 5.32. The lowest BCUT2D eigenvalue weighted by atomic mass is 10.1. The van der Waals surface area contributed by atoms with Gasteiger partial charge in [-0.25, -0.2) is 8.78 Å². The third-order valence-corrected chi connectivity index (χ3v) is 4.77. The summed E-state index contributed by atoms with van der Waals surface area (Å²) in [6, 6.07) is 3.62. The molecule has 0 fully saturated rings. The van der Waals surface area contributed by atoms with Crippen LogP contribution in [0.1, 0.15) is 21.4 Å². The minimum absolute atomic E-state index is 0.495. The molecular weight excluding hydrogens is 285 g/mol. The first-order valence-corrected chi connectivity index (χ1v) is 6.52. The van der Waals surface area contributed by atoms with Crippen LogP contribution in [-0.2, 0) is 0 Å². The van der Waals surface area contributed by atoms with E-state index in [0.717, 1.165) is 22.6 Å². The van der Waals surface area contributed by atoms with Crippen LogP contribution in [0, 0.1) is 18.6 Å². The molecule has 17 heavy (non-hydrogen) atoms. The van der Waals surface area contributed by atoms with Crippen molar-refractivity contribution in [2.75, 3.05) is 0 Å². The van der Waals surface area contributed by atoms with Gasteiger partial charge in [0, 0.05) is 4.88 Å². The van der Waals surface area contributed by atoms with Crippen LogP contribution in [-0.4, -0.2) is 0 Å². The second kappa shape index (κ2) is 4.92. The first kappa shape index (κ1) is 12.8. The van der Waals surface area contributed by atoms with E-state index in [9.17, 15) is 8.78 Å². The maximum atomic E-state index is 13.1. The van der Waals surface area contributed by atoms with Gasteiger partial charge in [0.1, 0.15) is 0 Å². The molecule has 0 spiro atoms. The van der Waals surface area contributed by atoms with Crippen LogP contribution in [0.15, 0.2) is 23.6 Å². The van der Waals surface area contributed by atoms with E-state index in [1.165, 1.54) is 17.4 Å². The molecule has 1 aromatic heterocycles. The fourth-order valence-corrected chi connectivity index (χ4v) is 3.20. The van der Waals surface area contributed by atoms with Crippen LogP contribution in [0.3, 0.4) is 0 Å². The normalized spacial score (nSPS) is 12.8. The quantitative estimate of drug-likeness (QED) is 0.658. The molecule has 0 N–H and O–H groups in total. The number of hydrogen-bond donors (Lipinski definition) is 0. The maximum absolute atomic E-state index is 13.1. The van der Waals surface area contributed by atoms with Crippen LogP contribution in [0.2, 0.25) is 5.02 Å². The van der Waals surface area contributed by atoms with Crippen molar-refractivity contribution in [2.45, 2.75) is 12.3 Å². The van der Waals surface area contributed by atoms with Crippen LogP contribution < -0.4 is 0 Å². The van der Waals surface area contributed by atoms with Gasteiger partial charge in [0.25, 0.3) is 0 Å². The Morgan fingerprint density at radius 1 is 1.24 bits per heavy atom. The van der Waals surface area contributed by atoms with Gasteiger partial charge in [-0.2, -0.15) is 0 Å². The standard InChI is InChI=1S/C12H8Cl2F2S/c1-6-5-17-12(10(6)13)11(14)7-2-3-8(15)9(16)4-7/h2-5,11H,1H3. The van der Waals surface area contributed by atoms with E-state index < -0.39 is 17.0 Å². The molecule has 5 heteroatoms. The van der Waals surface area contributed by atoms with E-state index in [2.05, 4.69) is 0 Å². The fourth-order valence-electron chi connectivity index (χ4n) is 1.44. The molecule has 1 unspecified atom stereocenters. The average Bonchev–Trinajstić information content (AvgIpc) is 2.63. The van der Waals surface area contributed by atoms with Gasteiger partial charge in [-0.15, -0.1) is 22.9 Å². The fraction of sp³-hybridized carbons (Fsp3) is 0.167. The summed E-state index contributed by atoms with van der Waals surface area (Å²) in [5.74, 6) is -1.79. The molecule has 0 aliphatic heterocycles. The highest BCUT2D eigenvalue weighted by Crippen LogP contribution is 2.39. The summed E-state index contributed by atoms with van der Waals surface area (Å²) in [6.07, 6.45) is 0. The number of thiophene rings is 1. The second-order valence-electron chi connectivity index (χ2n) is 3.63. The summed E-state index contributed by atoms with van der Waals surface area (Å²) in [6.45, 7) is 1.87. The summed E-state index contributed by atoms with van der Waals surface area (Å²) in [4.78, 5) is 0.747. The molecule has 1 aromatic carbocycles. The molecule has 0 radical (unpaired) electrons. The van der Waals surface area contributed by atoms with Crippen molar-refractivity contribution in [1.82, 2.24) is 0 Å². The van der Waals surface area contributed by atoms with Crippen molar-refractivity contribution in [2.24, 2.45) is 0 Å². The highest BCUT2D eigenvalue weighted by Gasteiger charge is 2.18. The first-order chi connectivity index (χ1) is 8.00. The second-order valence-corrected chi connectivity index (χ2v) is 5.36. The lowest BCUT2D eigenvalue weighted by Gasteiger charge is -2.09. The summed E-state index contributed by atoms with van der Waals surface area (Å²) in [5.41, 5.74) is 1.43. The number of rotatable bonds is 2. The highest BCUT2D eigenvalue weighted by molar-refractivity contribution is 7.11. The van der Waals surface area contributed by atoms with Gasteiger partial charge in [0.2, 0.25) is 0 Å². The summed E-state index contributed by atoms with van der Waals surface area (Å²) >= 11 is 13.7. The zero-order valence-electron chi connectivity index (χ0n) is 8.81. The molecule has 0 bridgehead atoms. The largest absolute Gasteiger partial charge is 0.204 e. The zero-order valence-corrected chi connectivity index (χ0v) is 11.1. The van der Waals surface area contributed by atoms with Gasteiger partial charge in [-0.3, -0.25) is 0 Å². The topological polar surface area (TPSA) is 0 Å². The molecular formula is C12H8Cl2F2S. The van der Waals surface area contributed by atoms with Gasteiger partial charge in [0.15, 0.2) is 11.6 Å². The molecule has 90 valence electrons. The lowest BCUT2D eigenvalue weighted by Crippen LogP contribution is -1.94. The number of halogens is 4. The minimum atomic E-state index is -0.905. The molecule has 0 aliphatic rings. The van der Waals surface area contributed by atoms with Gasteiger partial charge in [-0.05, 0) is 35.6 Å². The smallest absolute Gasteiger partial charge is 0.159 e. The molecule has 1 atom stereocenters. The number of aryl methyl sites for hydroxylation is 1. The molecule has 2 aromatic rings. The molecule has 2 rings (SSSR count). The van der Waals surface area contributed by atoms with E-state index in [1.807, 2.05) is 12.3 Å². The first-order valence-electron chi connectivity index (χ1n) is 4.83. The van der Waals surface area contributed by atoms with Crippen molar-refractivity contribution >= 4 is 34.5 Å². The number of alkyl halides is 1. The van der Waals surface area contributed by atoms with Crippen molar-refractivity contribution < 1.29 is 8.78 Å². The third-order valence-electron chi connectivity index (χ3n) is 2.39. The Morgan fingerprint density at radius 3 is 2.47 bits per heavy atom. The molecule has 0 saturated heterocycles. The minimum Gasteiger partial charge on any atom is -0.204 e. The molecule has 0 aliphatic carbocycles.